The molecule has 0 radical (unpaired) electrons. The third-order valence-corrected chi connectivity index (χ3v) is 7.80. The Morgan fingerprint density at radius 3 is 2.73 bits per heavy atom. The molecule has 2 aliphatic heterocycles. The molecule has 2 atom stereocenters. The Balaban J connectivity index is 1.57. The summed E-state index contributed by atoms with van der Waals surface area (Å²) in [6, 6.07) is 21.4. The van der Waals surface area contributed by atoms with Crippen LogP contribution in [0.3, 0.4) is 0 Å². The third kappa shape index (κ3) is 2.33. The molecule has 4 aromatic rings. The van der Waals surface area contributed by atoms with Crippen molar-refractivity contribution in [2.45, 2.75) is 37.6 Å². The van der Waals surface area contributed by atoms with Gasteiger partial charge in [-0.25, -0.2) is 9.67 Å². The number of fused-ring (bicyclic) bond motifs is 4. The summed E-state index contributed by atoms with van der Waals surface area (Å²) in [6.45, 7) is 3.01. The highest BCUT2D eigenvalue weighted by Crippen LogP contribution is 2.50. The second kappa shape index (κ2) is 6.41. The van der Waals surface area contributed by atoms with Crippen LogP contribution in [0.1, 0.15) is 29.1 Å². The zero-order valence-electron chi connectivity index (χ0n) is 16.7. The summed E-state index contributed by atoms with van der Waals surface area (Å²) in [5, 5.41) is 16.4. The van der Waals surface area contributed by atoms with Gasteiger partial charge in [0, 0.05) is 18.5 Å². The lowest BCUT2D eigenvalue weighted by Crippen LogP contribution is -2.52. The zero-order chi connectivity index (χ0) is 20.3. The summed E-state index contributed by atoms with van der Waals surface area (Å²) in [5.41, 5.74) is 3.59. The fourth-order valence-electron chi connectivity index (χ4n) is 5.17. The van der Waals surface area contributed by atoms with Crippen LogP contribution in [0.5, 0.6) is 0 Å². The van der Waals surface area contributed by atoms with E-state index < -0.39 is 5.41 Å². The molecule has 5 nitrogen and oxygen atoms in total. The van der Waals surface area contributed by atoms with Gasteiger partial charge in [-0.1, -0.05) is 30.3 Å². The number of anilines is 1. The molecule has 0 unspecified atom stereocenters. The third-order valence-electron chi connectivity index (χ3n) is 6.58. The predicted molar refractivity (Wildman–Crippen MR) is 119 cm³/mol. The number of aromatic nitrogens is 3. The van der Waals surface area contributed by atoms with Gasteiger partial charge in [0.25, 0.3) is 0 Å². The number of benzene rings is 2. The number of rotatable bonds is 2. The van der Waals surface area contributed by atoms with Crippen LogP contribution in [0.15, 0.2) is 54.6 Å². The predicted octanol–water partition coefficient (Wildman–Crippen LogP) is 4.78. The normalized spacial score (nSPS) is 22.7. The molecule has 0 aliphatic carbocycles. The first-order chi connectivity index (χ1) is 14.7. The largest absolute Gasteiger partial charge is 0.351 e. The lowest BCUT2D eigenvalue weighted by molar-refractivity contribution is 0.405. The summed E-state index contributed by atoms with van der Waals surface area (Å²) in [6.07, 6.45) is 2.75. The van der Waals surface area contributed by atoms with E-state index in [0.29, 0.717) is 6.42 Å². The number of hydrogen-bond acceptors (Lipinski definition) is 5. The molecule has 0 amide bonds. The van der Waals surface area contributed by atoms with Crippen molar-refractivity contribution in [3.8, 4) is 11.8 Å². The van der Waals surface area contributed by atoms with Gasteiger partial charge in [0.1, 0.15) is 16.2 Å². The van der Waals surface area contributed by atoms with Crippen molar-refractivity contribution in [3.63, 3.8) is 0 Å². The van der Waals surface area contributed by atoms with Crippen molar-refractivity contribution >= 4 is 27.4 Å². The molecule has 0 N–H and O–H groups in total. The van der Waals surface area contributed by atoms with E-state index in [-0.39, 0.29) is 6.04 Å². The molecule has 148 valence electrons. The average Bonchev–Trinajstić information content (AvgIpc) is 3.51. The Hall–Kier alpha value is -3.17. The molecule has 0 saturated carbocycles. The highest BCUT2D eigenvalue weighted by Gasteiger charge is 2.53. The van der Waals surface area contributed by atoms with Crippen molar-refractivity contribution in [1.82, 2.24) is 14.8 Å². The van der Waals surface area contributed by atoms with Gasteiger partial charge in [0.05, 0.1) is 33.7 Å². The Kier molecular flexibility index (Phi) is 3.78. The number of aryl methyl sites for hydroxylation is 1. The van der Waals surface area contributed by atoms with Gasteiger partial charge in [-0.3, -0.25) is 0 Å². The summed E-state index contributed by atoms with van der Waals surface area (Å²) >= 11 is 1.67. The van der Waals surface area contributed by atoms with Crippen molar-refractivity contribution in [2.24, 2.45) is 0 Å². The van der Waals surface area contributed by atoms with Crippen molar-refractivity contribution in [2.75, 3.05) is 11.4 Å². The van der Waals surface area contributed by atoms with Gasteiger partial charge in [0.15, 0.2) is 0 Å². The average molecular weight is 412 g/mol. The molecule has 1 fully saturated rings. The standard InChI is InChI=1S/C24H21N5S/c1-16-18-14-24(15-25,23-26-19-10-5-6-11-20(19)30-23)21-12-7-13-28(21)22(18)29(27-16)17-8-3-2-4-9-17/h2-6,8-11,21H,7,12-14H2,1H3/t21-,24+/m1/s1. The fraction of sp³-hybridized carbons (Fsp3) is 0.292. The van der Waals surface area contributed by atoms with Crippen LogP contribution in [-0.2, 0) is 11.8 Å². The number of para-hydroxylation sites is 2. The minimum Gasteiger partial charge on any atom is -0.351 e. The molecule has 4 heterocycles. The van der Waals surface area contributed by atoms with Crippen LogP contribution in [-0.4, -0.2) is 27.4 Å². The Morgan fingerprint density at radius 2 is 1.93 bits per heavy atom. The van der Waals surface area contributed by atoms with Crippen molar-refractivity contribution in [1.29, 1.82) is 5.26 Å². The van der Waals surface area contributed by atoms with Crippen LogP contribution in [0.4, 0.5) is 5.82 Å². The maximum Gasteiger partial charge on any atom is 0.136 e. The number of thiazole rings is 1. The van der Waals surface area contributed by atoms with E-state index in [1.54, 1.807) is 11.3 Å². The van der Waals surface area contributed by atoms with E-state index >= 15 is 0 Å². The maximum absolute atomic E-state index is 10.6. The highest BCUT2D eigenvalue weighted by molar-refractivity contribution is 7.18. The van der Waals surface area contributed by atoms with Crippen LogP contribution >= 0.6 is 11.3 Å². The minimum atomic E-state index is -0.636. The van der Waals surface area contributed by atoms with Crippen LogP contribution in [0, 0.1) is 18.3 Å². The van der Waals surface area contributed by atoms with E-state index in [4.69, 9.17) is 10.1 Å². The molecule has 0 spiro atoms. The van der Waals surface area contributed by atoms with E-state index in [1.807, 2.05) is 36.4 Å². The van der Waals surface area contributed by atoms with Crippen LogP contribution in [0.2, 0.25) is 0 Å². The molecule has 0 bridgehead atoms. The first kappa shape index (κ1) is 17.7. The molecule has 1 saturated heterocycles. The summed E-state index contributed by atoms with van der Waals surface area (Å²) in [4.78, 5) is 7.38. The van der Waals surface area contributed by atoms with E-state index in [9.17, 15) is 5.26 Å². The maximum atomic E-state index is 10.6. The van der Waals surface area contributed by atoms with Gasteiger partial charge in [-0.2, -0.15) is 10.4 Å². The number of nitriles is 1. The van der Waals surface area contributed by atoms with E-state index in [1.165, 1.54) is 5.56 Å². The van der Waals surface area contributed by atoms with Gasteiger partial charge in [0.2, 0.25) is 0 Å². The summed E-state index contributed by atoms with van der Waals surface area (Å²) in [5.74, 6) is 1.16. The van der Waals surface area contributed by atoms with Crippen LogP contribution < -0.4 is 4.90 Å². The Bertz CT molecular complexity index is 1270. The first-order valence-corrected chi connectivity index (χ1v) is 11.2. The highest BCUT2D eigenvalue weighted by atomic mass is 32.1. The zero-order valence-corrected chi connectivity index (χ0v) is 17.6. The van der Waals surface area contributed by atoms with Crippen LogP contribution in [0.25, 0.3) is 15.9 Å². The summed E-state index contributed by atoms with van der Waals surface area (Å²) in [7, 11) is 0. The quantitative estimate of drug-likeness (QED) is 0.476. The SMILES string of the molecule is Cc1nn(-c2ccccc2)c2c1C[C@@](C#N)(c1nc3ccccc3s1)[C@H]1CCCN21. The topological polar surface area (TPSA) is 57.7 Å². The van der Waals surface area contributed by atoms with Gasteiger partial charge < -0.3 is 4.90 Å². The second-order valence-electron chi connectivity index (χ2n) is 8.23. The summed E-state index contributed by atoms with van der Waals surface area (Å²) < 4.78 is 3.22. The number of nitrogens with zero attached hydrogens (tertiary/aromatic N) is 5. The lowest BCUT2D eigenvalue weighted by atomic mass is 9.73. The molecule has 2 aromatic carbocycles. The van der Waals surface area contributed by atoms with Gasteiger partial charge in [-0.15, -0.1) is 11.3 Å². The lowest BCUT2D eigenvalue weighted by Gasteiger charge is -2.42. The van der Waals surface area contributed by atoms with Gasteiger partial charge >= 0.3 is 0 Å². The molecular weight excluding hydrogens is 390 g/mol. The van der Waals surface area contributed by atoms with Crippen molar-refractivity contribution in [3.05, 3.63) is 70.9 Å². The molecule has 2 aliphatic rings. The van der Waals surface area contributed by atoms with Gasteiger partial charge in [-0.05, 0) is 44.0 Å². The van der Waals surface area contributed by atoms with E-state index in [0.717, 1.165) is 51.8 Å². The molecule has 30 heavy (non-hydrogen) atoms. The molecule has 6 heteroatoms. The minimum absolute atomic E-state index is 0.120. The monoisotopic (exact) mass is 411 g/mol. The Morgan fingerprint density at radius 1 is 1.13 bits per heavy atom. The first-order valence-electron chi connectivity index (χ1n) is 10.4. The number of hydrogen-bond donors (Lipinski definition) is 0. The molecule has 2 aromatic heterocycles. The smallest absolute Gasteiger partial charge is 0.136 e. The fourth-order valence-corrected chi connectivity index (χ4v) is 6.32. The van der Waals surface area contributed by atoms with E-state index in [2.05, 4.69) is 40.8 Å². The Labute approximate surface area is 179 Å². The molecular formula is C24H21N5S. The molecule has 6 rings (SSSR count). The second-order valence-corrected chi connectivity index (χ2v) is 9.26. The van der Waals surface area contributed by atoms with Crippen molar-refractivity contribution < 1.29 is 0 Å².